The van der Waals surface area contributed by atoms with Gasteiger partial charge in [-0.15, -0.1) is 0 Å². The third kappa shape index (κ3) is 3.13. The molecule has 0 N–H and O–H groups in total. The Bertz CT molecular complexity index is 583. The molecule has 2 aliphatic rings. The lowest BCUT2D eigenvalue weighted by atomic mass is 9.84. The van der Waals surface area contributed by atoms with Gasteiger partial charge in [-0.3, -0.25) is 4.79 Å². The smallest absolute Gasteiger partial charge is 0.168 e. The number of fused-ring (bicyclic) bond motifs is 2. The fourth-order valence-electron chi connectivity index (χ4n) is 3.46. The Morgan fingerprint density at radius 3 is 2.71 bits per heavy atom. The minimum absolute atomic E-state index is 0.0478. The molecule has 0 radical (unpaired) electrons. The lowest BCUT2D eigenvalue weighted by molar-refractivity contribution is 0.0892. The first kappa shape index (κ1) is 14.6. The fraction of sp³-hybridized carbons (Fsp3) is 0.529. The van der Waals surface area contributed by atoms with E-state index >= 15 is 0 Å². The normalized spacial score (nSPS) is 27.9. The van der Waals surface area contributed by atoms with Crippen molar-refractivity contribution in [3.63, 3.8) is 0 Å². The standard InChI is InChI=1S/C17H18FNOS/c18-16-5-4-11(6-7-19)8-15(16)17(20)12-9-13-2-1-3-14(10-12)21-13/h4-5,8,12-14H,1-3,6,9-10H2. The van der Waals surface area contributed by atoms with Crippen LogP contribution in [0.2, 0.25) is 0 Å². The van der Waals surface area contributed by atoms with E-state index in [9.17, 15) is 9.18 Å². The van der Waals surface area contributed by atoms with Gasteiger partial charge >= 0.3 is 0 Å². The Labute approximate surface area is 128 Å². The van der Waals surface area contributed by atoms with E-state index in [0.29, 0.717) is 16.1 Å². The molecule has 0 saturated carbocycles. The minimum Gasteiger partial charge on any atom is -0.294 e. The average molecular weight is 303 g/mol. The molecule has 0 aliphatic carbocycles. The van der Waals surface area contributed by atoms with Gasteiger partial charge in [-0.1, -0.05) is 12.5 Å². The molecule has 1 aromatic carbocycles. The number of nitriles is 1. The Hall–Kier alpha value is -1.34. The summed E-state index contributed by atoms with van der Waals surface area (Å²) in [6.07, 6.45) is 5.59. The number of carbonyl (C=O) groups excluding carboxylic acids is 1. The van der Waals surface area contributed by atoms with Crippen LogP contribution < -0.4 is 0 Å². The predicted molar refractivity (Wildman–Crippen MR) is 81.8 cm³/mol. The van der Waals surface area contributed by atoms with E-state index in [4.69, 9.17) is 5.26 Å². The average Bonchev–Trinajstić information content (AvgIpc) is 2.48. The van der Waals surface area contributed by atoms with Gasteiger partial charge in [0.05, 0.1) is 18.1 Å². The summed E-state index contributed by atoms with van der Waals surface area (Å²) in [7, 11) is 0. The summed E-state index contributed by atoms with van der Waals surface area (Å²) < 4.78 is 14.0. The molecule has 2 aliphatic heterocycles. The van der Waals surface area contributed by atoms with Crippen LogP contribution >= 0.6 is 11.8 Å². The zero-order valence-electron chi connectivity index (χ0n) is 11.8. The van der Waals surface area contributed by atoms with Gasteiger partial charge in [-0.25, -0.2) is 4.39 Å². The summed E-state index contributed by atoms with van der Waals surface area (Å²) >= 11 is 2.02. The van der Waals surface area contributed by atoms with Crippen LogP contribution in [0.5, 0.6) is 0 Å². The number of thioether (sulfide) groups is 1. The predicted octanol–water partition coefficient (Wildman–Crippen LogP) is 4.14. The number of ketones is 1. The van der Waals surface area contributed by atoms with Crippen molar-refractivity contribution in [2.75, 3.05) is 0 Å². The molecule has 2 unspecified atom stereocenters. The van der Waals surface area contributed by atoms with E-state index in [2.05, 4.69) is 0 Å². The van der Waals surface area contributed by atoms with Crippen molar-refractivity contribution in [2.24, 2.45) is 5.92 Å². The van der Waals surface area contributed by atoms with Crippen LogP contribution in [0, 0.1) is 23.1 Å². The third-order valence-corrected chi connectivity index (χ3v) is 6.11. The zero-order valence-corrected chi connectivity index (χ0v) is 12.7. The Morgan fingerprint density at radius 2 is 2.05 bits per heavy atom. The number of nitrogens with zero attached hydrogens (tertiary/aromatic N) is 1. The second kappa shape index (κ2) is 6.19. The van der Waals surface area contributed by atoms with Crippen molar-refractivity contribution < 1.29 is 9.18 Å². The van der Waals surface area contributed by atoms with Crippen molar-refractivity contribution in [3.05, 3.63) is 35.1 Å². The van der Waals surface area contributed by atoms with Crippen molar-refractivity contribution in [1.82, 2.24) is 0 Å². The summed E-state index contributed by atoms with van der Waals surface area (Å²) in [5.74, 6) is -0.567. The number of hydrogen-bond acceptors (Lipinski definition) is 3. The van der Waals surface area contributed by atoms with Crippen LogP contribution in [0.15, 0.2) is 18.2 Å². The highest BCUT2D eigenvalue weighted by molar-refractivity contribution is 8.00. The number of halogens is 1. The zero-order chi connectivity index (χ0) is 14.8. The first-order chi connectivity index (χ1) is 10.2. The molecule has 4 heteroatoms. The highest BCUT2D eigenvalue weighted by Gasteiger charge is 2.36. The SMILES string of the molecule is N#CCc1ccc(F)c(C(=O)C2CC3CCCC(C2)S3)c1. The molecule has 0 amide bonds. The van der Waals surface area contributed by atoms with Crippen molar-refractivity contribution in [3.8, 4) is 6.07 Å². The van der Waals surface area contributed by atoms with E-state index in [1.165, 1.54) is 25.3 Å². The van der Waals surface area contributed by atoms with Crippen LogP contribution in [0.3, 0.4) is 0 Å². The first-order valence-electron chi connectivity index (χ1n) is 7.52. The molecular weight excluding hydrogens is 285 g/mol. The molecule has 2 nitrogen and oxygen atoms in total. The van der Waals surface area contributed by atoms with Crippen LogP contribution in [0.25, 0.3) is 0 Å². The van der Waals surface area contributed by atoms with E-state index in [1.807, 2.05) is 17.8 Å². The number of carbonyl (C=O) groups is 1. The molecular formula is C17H18FNOS. The summed E-state index contributed by atoms with van der Waals surface area (Å²) in [5.41, 5.74) is 0.894. The molecule has 0 aromatic heterocycles. The van der Waals surface area contributed by atoms with Crippen LogP contribution in [0.4, 0.5) is 4.39 Å². The van der Waals surface area contributed by atoms with E-state index in [-0.39, 0.29) is 23.7 Å². The van der Waals surface area contributed by atoms with Gasteiger partial charge in [0.25, 0.3) is 0 Å². The van der Waals surface area contributed by atoms with E-state index in [1.54, 1.807) is 12.1 Å². The van der Waals surface area contributed by atoms with Crippen molar-refractivity contribution in [2.45, 2.75) is 49.0 Å². The molecule has 3 rings (SSSR count). The highest BCUT2D eigenvalue weighted by atomic mass is 32.2. The molecule has 2 saturated heterocycles. The highest BCUT2D eigenvalue weighted by Crippen LogP contribution is 2.44. The molecule has 21 heavy (non-hydrogen) atoms. The van der Waals surface area contributed by atoms with Crippen molar-refractivity contribution in [1.29, 1.82) is 5.26 Å². The minimum atomic E-state index is -0.454. The Morgan fingerprint density at radius 1 is 1.33 bits per heavy atom. The summed E-state index contributed by atoms with van der Waals surface area (Å²) in [6.45, 7) is 0. The lowest BCUT2D eigenvalue weighted by Crippen LogP contribution is -2.33. The summed E-state index contributed by atoms with van der Waals surface area (Å²) in [6, 6.07) is 6.51. The number of hydrogen-bond donors (Lipinski definition) is 0. The molecule has 2 heterocycles. The van der Waals surface area contributed by atoms with Gasteiger partial charge in [0.2, 0.25) is 0 Å². The second-order valence-corrected chi connectivity index (χ2v) is 7.60. The summed E-state index contributed by atoms with van der Waals surface area (Å²) in [4.78, 5) is 12.7. The molecule has 110 valence electrons. The number of Topliss-reactive ketones (excluding diaryl/α,β-unsaturated/α-hetero) is 1. The second-order valence-electron chi connectivity index (χ2n) is 5.99. The number of benzene rings is 1. The van der Waals surface area contributed by atoms with Gasteiger partial charge in [0.15, 0.2) is 5.78 Å². The first-order valence-corrected chi connectivity index (χ1v) is 8.46. The van der Waals surface area contributed by atoms with Gasteiger partial charge in [0.1, 0.15) is 5.82 Å². The lowest BCUT2D eigenvalue weighted by Gasteiger charge is -2.38. The topological polar surface area (TPSA) is 40.9 Å². The largest absolute Gasteiger partial charge is 0.294 e. The Kier molecular flexibility index (Phi) is 4.30. The Balaban J connectivity index is 1.81. The van der Waals surface area contributed by atoms with E-state index in [0.717, 1.165) is 12.8 Å². The van der Waals surface area contributed by atoms with Crippen LogP contribution in [0.1, 0.15) is 48.0 Å². The van der Waals surface area contributed by atoms with Gasteiger partial charge in [-0.2, -0.15) is 17.0 Å². The van der Waals surface area contributed by atoms with Crippen molar-refractivity contribution >= 4 is 17.5 Å². The molecule has 1 aromatic rings. The maximum absolute atomic E-state index is 14.0. The monoisotopic (exact) mass is 303 g/mol. The van der Waals surface area contributed by atoms with Gasteiger partial charge < -0.3 is 0 Å². The molecule has 2 bridgehead atoms. The van der Waals surface area contributed by atoms with Crippen LogP contribution in [-0.2, 0) is 6.42 Å². The fourth-order valence-corrected chi connectivity index (χ4v) is 5.29. The van der Waals surface area contributed by atoms with Gasteiger partial charge in [-0.05, 0) is 43.4 Å². The van der Waals surface area contributed by atoms with Gasteiger partial charge in [0, 0.05) is 16.4 Å². The number of rotatable bonds is 3. The maximum Gasteiger partial charge on any atom is 0.168 e. The molecule has 2 atom stereocenters. The quantitative estimate of drug-likeness (QED) is 0.788. The van der Waals surface area contributed by atoms with Crippen LogP contribution in [-0.4, -0.2) is 16.3 Å². The molecule has 2 fully saturated rings. The molecule has 0 spiro atoms. The van der Waals surface area contributed by atoms with E-state index < -0.39 is 5.82 Å². The maximum atomic E-state index is 14.0. The summed E-state index contributed by atoms with van der Waals surface area (Å²) in [5, 5.41) is 9.88. The third-order valence-electron chi connectivity index (χ3n) is 4.48.